The highest BCUT2D eigenvalue weighted by Crippen LogP contribution is 2.49. The van der Waals surface area contributed by atoms with Gasteiger partial charge >= 0.3 is 6.03 Å². The number of carbonyl (C=O) groups is 1. The summed E-state index contributed by atoms with van der Waals surface area (Å²) in [7, 11) is 0. The molecule has 0 unspecified atom stereocenters. The molecular formula is C19H19BrN2O3. The first-order valence-corrected chi connectivity index (χ1v) is 9.12. The van der Waals surface area contributed by atoms with Gasteiger partial charge in [-0.05, 0) is 38.1 Å². The Kier molecular flexibility index (Phi) is 3.87. The number of hydrogen-bond acceptors (Lipinski definition) is 3. The van der Waals surface area contributed by atoms with Crippen LogP contribution in [0.2, 0.25) is 0 Å². The minimum Gasteiger partial charge on any atom is -0.490 e. The summed E-state index contributed by atoms with van der Waals surface area (Å²) < 4.78 is 13.0. The van der Waals surface area contributed by atoms with Gasteiger partial charge in [-0.2, -0.15) is 0 Å². The number of para-hydroxylation sites is 1. The second-order valence-electron chi connectivity index (χ2n) is 6.41. The standard InChI is InChI=1S/C19H19BrN2O3/c1-3-24-16-9-5-8-14-15-11-19(2,25-17(14)16)22(18(23)21-15)13-7-4-6-12(20)10-13/h4-10,15H,3,11H2,1-2H3,(H,21,23)/t15-,19-/m0/s1. The molecule has 25 heavy (non-hydrogen) atoms. The number of fused-ring (bicyclic) bond motifs is 4. The number of benzene rings is 2. The Hall–Kier alpha value is -2.21. The van der Waals surface area contributed by atoms with Crippen LogP contribution in [0.5, 0.6) is 11.5 Å². The van der Waals surface area contributed by atoms with E-state index in [1.807, 2.05) is 56.3 Å². The van der Waals surface area contributed by atoms with Gasteiger partial charge in [0.2, 0.25) is 0 Å². The first-order valence-electron chi connectivity index (χ1n) is 8.33. The van der Waals surface area contributed by atoms with E-state index < -0.39 is 5.72 Å². The largest absolute Gasteiger partial charge is 0.490 e. The highest BCUT2D eigenvalue weighted by Gasteiger charge is 2.50. The van der Waals surface area contributed by atoms with E-state index in [1.165, 1.54) is 0 Å². The predicted octanol–water partition coefficient (Wildman–Crippen LogP) is 4.62. The van der Waals surface area contributed by atoms with Crippen molar-refractivity contribution in [1.29, 1.82) is 0 Å². The fourth-order valence-electron chi connectivity index (χ4n) is 3.64. The van der Waals surface area contributed by atoms with E-state index in [9.17, 15) is 4.79 Å². The van der Waals surface area contributed by atoms with Crippen LogP contribution in [0.3, 0.4) is 0 Å². The Balaban J connectivity index is 1.81. The van der Waals surface area contributed by atoms with Gasteiger partial charge < -0.3 is 14.8 Å². The lowest BCUT2D eigenvalue weighted by atomic mass is 9.90. The molecule has 2 amide bonds. The zero-order valence-corrected chi connectivity index (χ0v) is 15.7. The number of ether oxygens (including phenoxy) is 2. The first-order chi connectivity index (χ1) is 12.0. The summed E-state index contributed by atoms with van der Waals surface area (Å²) in [6, 6.07) is 13.2. The number of urea groups is 1. The van der Waals surface area contributed by atoms with E-state index in [-0.39, 0.29) is 12.1 Å². The molecule has 1 saturated heterocycles. The fraction of sp³-hybridized carbons (Fsp3) is 0.316. The first kappa shape index (κ1) is 16.3. The van der Waals surface area contributed by atoms with E-state index in [4.69, 9.17) is 9.47 Å². The van der Waals surface area contributed by atoms with Crippen LogP contribution in [0.1, 0.15) is 31.9 Å². The molecule has 6 heteroatoms. The molecule has 0 saturated carbocycles. The molecule has 1 fully saturated rings. The highest BCUT2D eigenvalue weighted by molar-refractivity contribution is 9.10. The molecule has 1 N–H and O–H groups in total. The molecule has 2 heterocycles. The molecule has 5 nitrogen and oxygen atoms in total. The van der Waals surface area contributed by atoms with E-state index in [0.717, 1.165) is 15.7 Å². The summed E-state index contributed by atoms with van der Waals surface area (Å²) in [5, 5.41) is 3.10. The van der Waals surface area contributed by atoms with Crippen molar-refractivity contribution in [3.05, 3.63) is 52.5 Å². The Morgan fingerprint density at radius 3 is 2.92 bits per heavy atom. The van der Waals surface area contributed by atoms with Crippen molar-refractivity contribution >= 4 is 27.6 Å². The lowest BCUT2D eigenvalue weighted by Crippen LogP contribution is -2.65. The van der Waals surface area contributed by atoms with E-state index in [2.05, 4.69) is 21.2 Å². The molecule has 2 aromatic rings. The van der Waals surface area contributed by atoms with Crippen LogP contribution in [0, 0.1) is 0 Å². The van der Waals surface area contributed by atoms with Crippen molar-refractivity contribution in [3.63, 3.8) is 0 Å². The Morgan fingerprint density at radius 2 is 2.16 bits per heavy atom. The number of carbonyl (C=O) groups excluding carboxylic acids is 1. The average molecular weight is 403 g/mol. The van der Waals surface area contributed by atoms with Crippen molar-refractivity contribution in [3.8, 4) is 11.5 Å². The average Bonchev–Trinajstić information content (AvgIpc) is 2.55. The lowest BCUT2D eigenvalue weighted by Gasteiger charge is -2.50. The van der Waals surface area contributed by atoms with Gasteiger partial charge in [0.25, 0.3) is 0 Å². The molecule has 130 valence electrons. The smallest absolute Gasteiger partial charge is 0.325 e. The third-order valence-electron chi connectivity index (χ3n) is 4.63. The molecule has 0 radical (unpaired) electrons. The number of nitrogens with zero attached hydrogens (tertiary/aromatic N) is 1. The second-order valence-corrected chi connectivity index (χ2v) is 7.32. The predicted molar refractivity (Wildman–Crippen MR) is 99.2 cm³/mol. The minimum atomic E-state index is -0.784. The zero-order valence-electron chi connectivity index (χ0n) is 14.1. The van der Waals surface area contributed by atoms with E-state index in [0.29, 0.717) is 24.5 Å². The highest BCUT2D eigenvalue weighted by atomic mass is 79.9. The van der Waals surface area contributed by atoms with Crippen molar-refractivity contribution in [2.45, 2.75) is 32.0 Å². The summed E-state index contributed by atoms with van der Waals surface area (Å²) in [4.78, 5) is 14.5. The SMILES string of the molecule is CCOc1cccc2c1O[C@@]1(C)C[C@@H]2NC(=O)N1c1cccc(Br)c1. The van der Waals surface area contributed by atoms with Gasteiger partial charge in [-0.15, -0.1) is 0 Å². The molecule has 0 spiro atoms. The van der Waals surface area contributed by atoms with Gasteiger partial charge in [-0.1, -0.05) is 34.1 Å². The number of hydrogen-bond donors (Lipinski definition) is 1. The van der Waals surface area contributed by atoms with Gasteiger partial charge in [0, 0.05) is 16.5 Å². The molecule has 4 rings (SSSR count). The molecule has 2 aliphatic heterocycles. The van der Waals surface area contributed by atoms with Crippen molar-refractivity contribution in [2.24, 2.45) is 0 Å². The summed E-state index contributed by atoms with van der Waals surface area (Å²) in [5.41, 5.74) is 0.962. The van der Waals surface area contributed by atoms with Crippen molar-refractivity contribution in [1.82, 2.24) is 5.32 Å². The quantitative estimate of drug-likeness (QED) is 0.814. The lowest BCUT2D eigenvalue weighted by molar-refractivity contribution is 0.0343. The molecule has 2 atom stereocenters. The van der Waals surface area contributed by atoms with Crippen LogP contribution in [-0.2, 0) is 0 Å². The van der Waals surface area contributed by atoms with Crippen molar-refractivity contribution < 1.29 is 14.3 Å². The second kappa shape index (κ2) is 5.95. The topological polar surface area (TPSA) is 50.8 Å². The van der Waals surface area contributed by atoms with Crippen molar-refractivity contribution in [2.75, 3.05) is 11.5 Å². The van der Waals surface area contributed by atoms with Gasteiger partial charge in [-0.3, -0.25) is 4.90 Å². The number of amides is 2. The summed E-state index contributed by atoms with van der Waals surface area (Å²) in [5.74, 6) is 1.42. The maximum absolute atomic E-state index is 12.8. The Morgan fingerprint density at radius 1 is 1.36 bits per heavy atom. The molecule has 2 bridgehead atoms. The minimum absolute atomic E-state index is 0.0925. The Bertz CT molecular complexity index is 841. The van der Waals surface area contributed by atoms with Gasteiger partial charge in [0.15, 0.2) is 17.2 Å². The molecule has 2 aromatic carbocycles. The molecular weight excluding hydrogens is 384 g/mol. The van der Waals surface area contributed by atoms with Crippen LogP contribution in [0.4, 0.5) is 10.5 Å². The summed E-state index contributed by atoms with van der Waals surface area (Å²) >= 11 is 3.47. The molecule has 2 aliphatic rings. The summed E-state index contributed by atoms with van der Waals surface area (Å²) in [6.45, 7) is 4.45. The van der Waals surface area contributed by atoms with Gasteiger partial charge in [0.1, 0.15) is 0 Å². The van der Waals surface area contributed by atoms with Crippen LogP contribution in [-0.4, -0.2) is 18.4 Å². The number of rotatable bonds is 3. The maximum atomic E-state index is 12.8. The monoisotopic (exact) mass is 402 g/mol. The third-order valence-corrected chi connectivity index (χ3v) is 5.12. The normalized spacial score (nSPS) is 24.2. The van der Waals surface area contributed by atoms with Crippen LogP contribution < -0.4 is 19.7 Å². The van der Waals surface area contributed by atoms with Crippen LogP contribution >= 0.6 is 15.9 Å². The van der Waals surface area contributed by atoms with E-state index in [1.54, 1.807) is 4.90 Å². The number of halogens is 1. The molecule has 0 aliphatic carbocycles. The Labute approximate surface area is 155 Å². The van der Waals surface area contributed by atoms with Crippen LogP contribution in [0.15, 0.2) is 46.9 Å². The molecule has 0 aromatic heterocycles. The third kappa shape index (κ3) is 2.65. The number of nitrogens with one attached hydrogen (secondary N) is 1. The fourth-order valence-corrected chi connectivity index (χ4v) is 4.02. The van der Waals surface area contributed by atoms with Gasteiger partial charge in [-0.25, -0.2) is 4.79 Å². The zero-order chi connectivity index (χ0) is 17.6. The van der Waals surface area contributed by atoms with Gasteiger partial charge in [0.05, 0.1) is 18.3 Å². The maximum Gasteiger partial charge on any atom is 0.325 e. The number of anilines is 1. The van der Waals surface area contributed by atoms with E-state index >= 15 is 0 Å². The van der Waals surface area contributed by atoms with Crippen LogP contribution in [0.25, 0.3) is 0 Å². The summed E-state index contributed by atoms with van der Waals surface area (Å²) in [6.07, 6.45) is 0.661.